The monoisotopic (exact) mass is 1110 g/mol. The molecule has 9 N–H and O–H groups in total. The van der Waals surface area contributed by atoms with Gasteiger partial charge in [-0.05, 0) is 82.7 Å². The Bertz CT molecular complexity index is 2560. The van der Waals surface area contributed by atoms with Gasteiger partial charge in [-0.25, -0.2) is 11.7 Å². The first-order valence-electron chi connectivity index (χ1n) is 25.3. The highest BCUT2D eigenvalue weighted by Gasteiger charge is 2.41. The van der Waals surface area contributed by atoms with E-state index in [0.29, 0.717) is 34.7 Å². The lowest BCUT2D eigenvalue weighted by molar-refractivity contribution is -0.148. The smallest absolute Gasteiger partial charge is 0.306 e. The van der Waals surface area contributed by atoms with Crippen LogP contribution < -0.4 is 27.9 Å². The normalized spacial score (nSPS) is 13.5. The van der Waals surface area contributed by atoms with Gasteiger partial charge in [-0.2, -0.15) is 0 Å². The van der Waals surface area contributed by atoms with Crippen molar-refractivity contribution in [2.24, 2.45) is 31.7 Å². The number of ether oxygens (including phenoxy) is 4. The number of benzene rings is 2. The SMILES string of the molecule is CN=C(C)CCC(=O)OCc1ccc(COC(=O)CCC(C)=NCC(=O)CC(O)(CC(=O)CN=C(C)CCC(=O)OCc2ccc(COC(=O)CCC(C)=NCC(=O)CC(O)(CC(=O)CNC)C(=O)NN)cc2)C(=O)NN)cc1. The molecule has 0 saturated carbocycles. The van der Waals surface area contributed by atoms with Crippen molar-refractivity contribution >= 4 is 81.7 Å². The van der Waals surface area contributed by atoms with E-state index in [1.165, 1.54) is 7.05 Å². The van der Waals surface area contributed by atoms with Gasteiger partial charge in [-0.1, -0.05) is 48.5 Å². The Morgan fingerprint density at radius 1 is 0.443 bits per heavy atom. The van der Waals surface area contributed by atoms with Gasteiger partial charge in [-0.3, -0.25) is 78.8 Å². The van der Waals surface area contributed by atoms with Gasteiger partial charge < -0.3 is 34.5 Å². The predicted molar refractivity (Wildman–Crippen MR) is 289 cm³/mol. The molecule has 25 heteroatoms. The number of ketones is 4. The molecular formula is C54H75N9O16. The molecule has 0 aliphatic rings. The van der Waals surface area contributed by atoms with Crippen LogP contribution in [-0.2, 0) is 93.3 Å². The molecule has 2 amide bonds. The van der Waals surface area contributed by atoms with Gasteiger partial charge >= 0.3 is 23.9 Å². The number of rotatable bonds is 38. The van der Waals surface area contributed by atoms with Gasteiger partial charge in [0.2, 0.25) is 0 Å². The first-order chi connectivity index (χ1) is 37.4. The molecule has 2 rings (SSSR count). The second-order valence-corrected chi connectivity index (χ2v) is 18.8. The topological polar surface area (TPSA) is 386 Å². The number of nitrogens with one attached hydrogen (secondary N) is 3. The summed E-state index contributed by atoms with van der Waals surface area (Å²) in [6.07, 6.45) is -1.81. The van der Waals surface area contributed by atoms with Crippen molar-refractivity contribution in [3.63, 3.8) is 0 Å². The molecule has 0 aliphatic carbocycles. The van der Waals surface area contributed by atoms with Crippen LogP contribution in [0.15, 0.2) is 68.5 Å². The summed E-state index contributed by atoms with van der Waals surface area (Å²) in [5.74, 6) is 3.73. The van der Waals surface area contributed by atoms with E-state index in [1.54, 1.807) is 87.2 Å². The number of esters is 4. The van der Waals surface area contributed by atoms with Crippen LogP contribution in [0.5, 0.6) is 0 Å². The van der Waals surface area contributed by atoms with Gasteiger partial charge in [0.25, 0.3) is 11.8 Å². The Kier molecular flexibility index (Phi) is 30.6. The maximum Gasteiger partial charge on any atom is 0.306 e. The second-order valence-electron chi connectivity index (χ2n) is 18.8. The van der Waals surface area contributed by atoms with E-state index in [0.717, 1.165) is 16.8 Å². The van der Waals surface area contributed by atoms with Crippen LogP contribution in [0, 0.1) is 0 Å². The number of carbonyl (C=O) groups excluding carboxylic acids is 10. The summed E-state index contributed by atoms with van der Waals surface area (Å²) >= 11 is 0. The van der Waals surface area contributed by atoms with Gasteiger partial charge in [0.15, 0.2) is 28.6 Å². The largest absolute Gasteiger partial charge is 0.461 e. The minimum absolute atomic E-state index is 0.0104. The Balaban J connectivity index is 1.72. The Morgan fingerprint density at radius 2 is 0.696 bits per heavy atom. The molecule has 432 valence electrons. The highest BCUT2D eigenvalue weighted by atomic mass is 16.5. The molecule has 0 bridgehead atoms. The van der Waals surface area contributed by atoms with Crippen LogP contribution in [0.2, 0.25) is 0 Å². The van der Waals surface area contributed by atoms with Crippen LogP contribution >= 0.6 is 0 Å². The number of aliphatic imine (C=N–C) groups is 4. The van der Waals surface area contributed by atoms with Gasteiger partial charge in [0.05, 0.1) is 51.9 Å². The number of nitrogens with zero attached hydrogens (tertiary/aromatic N) is 4. The average molecular weight is 1110 g/mol. The molecule has 0 radical (unpaired) electrons. The number of hydrazine groups is 2. The maximum atomic E-state index is 12.9. The third-order valence-corrected chi connectivity index (χ3v) is 11.8. The fourth-order valence-corrected chi connectivity index (χ4v) is 7.00. The average Bonchev–Trinajstić information content (AvgIpc) is 3.43. The van der Waals surface area contributed by atoms with Crippen molar-refractivity contribution in [3.05, 3.63) is 70.8 Å². The first-order valence-corrected chi connectivity index (χ1v) is 25.3. The summed E-state index contributed by atoms with van der Waals surface area (Å²) in [5.41, 5.74) is 3.66. The fourth-order valence-electron chi connectivity index (χ4n) is 7.00. The van der Waals surface area contributed by atoms with Gasteiger partial charge in [0.1, 0.15) is 32.2 Å². The molecule has 0 saturated heterocycles. The number of nitrogens with two attached hydrogens (primary N) is 2. The third kappa shape index (κ3) is 28.0. The van der Waals surface area contributed by atoms with Crippen molar-refractivity contribution in [1.82, 2.24) is 16.2 Å². The number of Topliss-reactive ketones (excluding diaryl/α,β-unsaturated/α-hetero) is 4. The number of aliphatic hydroxyl groups is 2. The minimum Gasteiger partial charge on any atom is -0.461 e. The molecule has 0 fully saturated rings. The number of carbonyl (C=O) groups is 10. The highest BCUT2D eigenvalue weighted by Crippen LogP contribution is 2.20. The van der Waals surface area contributed by atoms with Crippen LogP contribution in [0.3, 0.4) is 0 Å². The highest BCUT2D eigenvalue weighted by molar-refractivity contribution is 5.99. The zero-order valence-corrected chi connectivity index (χ0v) is 45.8. The van der Waals surface area contributed by atoms with E-state index in [9.17, 15) is 58.2 Å². The number of hydrogen-bond donors (Lipinski definition) is 7. The van der Waals surface area contributed by atoms with Crippen LogP contribution in [0.4, 0.5) is 0 Å². The summed E-state index contributed by atoms with van der Waals surface area (Å²) in [4.78, 5) is 141. The van der Waals surface area contributed by atoms with E-state index in [2.05, 4.69) is 25.3 Å². The molecule has 2 unspecified atom stereocenters. The molecule has 2 aromatic carbocycles. The van der Waals surface area contributed by atoms with E-state index in [1.807, 2.05) is 6.92 Å². The summed E-state index contributed by atoms with van der Waals surface area (Å²) in [6, 6.07) is 13.8. The summed E-state index contributed by atoms with van der Waals surface area (Å²) in [6.45, 7) is 5.20. The lowest BCUT2D eigenvalue weighted by atomic mass is 9.90. The Hall–Kier alpha value is -7.58. The van der Waals surface area contributed by atoms with Gasteiger partial charge in [-0.15, -0.1) is 0 Å². The van der Waals surface area contributed by atoms with Crippen molar-refractivity contribution in [2.75, 3.05) is 40.3 Å². The third-order valence-electron chi connectivity index (χ3n) is 11.8. The van der Waals surface area contributed by atoms with E-state index in [-0.39, 0.29) is 83.9 Å². The molecule has 0 aliphatic heterocycles. The van der Waals surface area contributed by atoms with Crippen LogP contribution in [-0.4, -0.2) is 143 Å². The standard InChI is InChI=1S/C54H75N9O16/c1-35(58-6)7-19-47(68)76-31-39-11-13-40(14-12-39)32-77-49(70)21-9-37(3)60-29-45(66)25-54(75,52(73)63-56)26-46(67)30-61-38(4)10-22-50(71)79-34-42-17-15-41(16-18-42)33-78-48(69)20-8-36(2)59-28-44(65)24-53(74,51(72)62-55)23-43(64)27-57-5/h11-18,57,74-75H,7-10,19-34,55-56H2,1-6H3,(H,62,72)(H,63,73). The molecule has 0 aromatic heterocycles. The zero-order chi connectivity index (χ0) is 59.0. The quantitative estimate of drug-likeness (QED) is 0.0125. The van der Waals surface area contributed by atoms with Crippen LogP contribution in [0.25, 0.3) is 0 Å². The molecule has 25 nitrogen and oxygen atoms in total. The molecular weight excluding hydrogens is 1030 g/mol. The lowest BCUT2D eigenvalue weighted by Gasteiger charge is -2.24. The summed E-state index contributed by atoms with van der Waals surface area (Å²) in [7, 11) is 3.18. The molecule has 79 heavy (non-hydrogen) atoms. The summed E-state index contributed by atoms with van der Waals surface area (Å²) < 4.78 is 21.3. The van der Waals surface area contributed by atoms with Crippen molar-refractivity contribution in [3.8, 4) is 0 Å². The van der Waals surface area contributed by atoms with Crippen molar-refractivity contribution in [1.29, 1.82) is 0 Å². The van der Waals surface area contributed by atoms with Crippen molar-refractivity contribution < 1.29 is 77.1 Å². The fraction of sp³-hybridized carbons (Fsp3) is 0.519. The van der Waals surface area contributed by atoms with Crippen molar-refractivity contribution in [2.45, 2.75) is 142 Å². The number of hydrogen-bond acceptors (Lipinski definition) is 23. The maximum absolute atomic E-state index is 12.9. The molecule has 0 heterocycles. The van der Waals surface area contributed by atoms with E-state index >= 15 is 0 Å². The number of amides is 2. The van der Waals surface area contributed by atoms with E-state index in [4.69, 9.17) is 30.6 Å². The van der Waals surface area contributed by atoms with Crippen LogP contribution in [0.1, 0.15) is 127 Å². The molecule has 2 aromatic rings. The molecule has 2 atom stereocenters. The lowest BCUT2D eigenvalue weighted by Crippen LogP contribution is -2.52. The molecule has 0 spiro atoms. The first kappa shape index (κ1) is 67.5. The Labute approximate surface area is 458 Å². The zero-order valence-electron chi connectivity index (χ0n) is 45.8. The Morgan fingerprint density at radius 3 is 0.937 bits per heavy atom. The summed E-state index contributed by atoms with van der Waals surface area (Å²) in [5, 5.41) is 24.3. The minimum atomic E-state index is -2.50. The number of likely N-dealkylation sites (N-methyl/N-ethyl adjacent to an activating group) is 1. The van der Waals surface area contributed by atoms with E-state index < -0.39 is 109 Å². The van der Waals surface area contributed by atoms with Gasteiger partial charge in [0, 0.05) is 55.6 Å². The predicted octanol–water partition coefficient (Wildman–Crippen LogP) is 1.65. The second kappa shape index (κ2) is 35.8.